The van der Waals surface area contributed by atoms with E-state index >= 15 is 0 Å². The number of hydrogen-bond acceptors (Lipinski definition) is 3. The first-order valence-corrected chi connectivity index (χ1v) is 7.26. The highest BCUT2D eigenvalue weighted by Gasteiger charge is 2.27. The van der Waals surface area contributed by atoms with Crippen molar-refractivity contribution >= 4 is 11.6 Å². The smallest absolute Gasteiger partial charge is 0.387 e. The Kier molecular flexibility index (Phi) is 5.68. The number of nitrogens with one attached hydrogen (secondary N) is 2. The summed E-state index contributed by atoms with van der Waals surface area (Å²) in [6, 6.07) is 5.87. The summed E-state index contributed by atoms with van der Waals surface area (Å²) in [7, 11) is 0. The van der Waals surface area contributed by atoms with E-state index in [0.29, 0.717) is 12.2 Å². The van der Waals surface area contributed by atoms with E-state index in [1.807, 2.05) is 13.8 Å². The Morgan fingerprint density at radius 3 is 2.45 bits per heavy atom. The highest BCUT2D eigenvalue weighted by atomic mass is 19.3. The zero-order valence-corrected chi connectivity index (χ0v) is 12.6. The van der Waals surface area contributed by atoms with Crippen LogP contribution in [0.5, 0.6) is 5.75 Å². The minimum Gasteiger partial charge on any atom is -0.435 e. The Balaban J connectivity index is 1.84. The lowest BCUT2D eigenvalue weighted by Gasteiger charge is -2.31. The number of halogens is 2. The second-order valence-corrected chi connectivity index (χ2v) is 5.54. The third-order valence-electron chi connectivity index (χ3n) is 3.39. The maximum absolute atomic E-state index is 12.0. The highest BCUT2D eigenvalue weighted by molar-refractivity contribution is 5.91. The van der Waals surface area contributed by atoms with Crippen LogP contribution >= 0.6 is 0 Å². The van der Waals surface area contributed by atoms with Gasteiger partial charge in [-0.05, 0) is 38.1 Å². The van der Waals surface area contributed by atoms with E-state index in [2.05, 4.69) is 10.1 Å². The molecule has 0 unspecified atom stereocenters. The van der Waals surface area contributed by atoms with E-state index < -0.39 is 6.61 Å². The molecule has 0 spiro atoms. The summed E-state index contributed by atoms with van der Waals surface area (Å²) in [6.07, 6.45) is 0.273. The molecule has 2 rings (SSSR count). The molecule has 1 aliphatic heterocycles. The number of quaternary nitrogens is 1. The fourth-order valence-corrected chi connectivity index (χ4v) is 2.69. The number of benzene rings is 1. The van der Waals surface area contributed by atoms with Crippen LogP contribution in [-0.4, -0.2) is 44.4 Å². The average molecular weight is 315 g/mol. The van der Waals surface area contributed by atoms with E-state index in [0.717, 1.165) is 13.1 Å². The largest absolute Gasteiger partial charge is 0.435 e. The van der Waals surface area contributed by atoms with Gasteiger partial charge in [-0.3, -0.25) is 4.79 Å². The van der Waals surface area contributed by atoms with Crippen molar-refractivity contribution in [3.63, 3.8) is 0 Å². The first-order chi connectivity index (χ1) is 10.4. The predicted molar refractivity (Wildman–Crippen MR) is 77.3 cm³/mol. The molecule has 1 aliphatic rings. The van der Waals surface area contributed by atoms with Gasteiger partial charge in [0.25, 0.3) is 5.91 Å². The summed E-state index contributed by atoms with van der Waals surface area (Å²) >= 11 is 0. The number of ether oxygens (including phenoxy) is 2. The van der Waals surface area contributed by atoms with Crippen LogP contribution in [0, 0.1) is 0 Å². The fraction of sp³-hybridized carbons (Fsp3) is 0.533. The number of morpholine rings is 1. The van der Waals surface area contributed by atoms with Crippen molar-refractivity contribution in [1.82, 2.24) is 0 Å². The van der Waals surface area contributed by atoms with Crippen molar-refractivity contribution < 1.29 is 27.9 Å². The van der Waals surface area contributed by atoms with Crippen LogP contribution in [0.3, 0.4) is 0 Å². The molecule has 5 nitrogen and oxygen atoms in total. The number of anilines is 1. The van der Waals surface area contributed by atoms with Crippen LogP contribution < -0.4 is 15.0 Å². The number of amides is 1. The van der Waals surface area contributed by atoms with Gasteiger partial charge in [-0.1, -0.05) is 0 Å². The van der Waals surface area contributed by atoms with Gasteiger partial charge < -0.3 is 19.7 Å². The van der Waals surface area contributed by atoms with Crippen LogP contribution in [0.15, 0.2) is 24.3 Å². The summed E-state index contributed by atoms with van der Waals surface area (Å²) < 4.78 is 34.0. The number of carbonyl (C=O) groups excluding carboxylic acids is 1. The molecule has 0 radical (unpaired) electrons. The van der Waals surface area contributed by atoms with E-state index in [1.54, 1.807) is 0 Å². The SMILES string of the molecule is C[C@H]1C[NH+](CC(=O)Nc2ccc(OC(F)F)cc2)C[C@H](C)O1. The zero-order chi connectivity index (χ0) is 16.1. The lowest BCUT2D eigenvalue weighted by molar-refractivity contribution is -0.907. The number of rotatable bonds is 5. The van der Waals surface area contributed by atoms with Gasteiger partial charge in [0, 0.05) is 5.69 Å². The molecule has 2 atom stereocenters. The molecule has 22 heavy (non-hydrogen) atoms. The molecule has 1 fully saturated rings. The molecule has 2 N–H and O–H groups in total. The van der Waals surface area contributed by atoms with Crippen molar-refractivity contribution in [3.8, 4) is 5.75 Å². The number of hydrogen-bond donors (Lipinski definition) is 2. The molecule has 0 aliphatic carbocycles. The summed E-state index contributed by atoms with van der Waals surface area (Å²) in [5.41, 5.74) is 0.556. The maximum Gasteiger partial charge on any atom is 0.387 e. The van der Waals surface area contributed by atoms with Gasteiger partial charge in [0.2, 0.25) is 0 Å². The standard InChI is InChI=1S/C15H20F2N2O3/c1-10-7-19(8-11(2)21-10)9-14(20)18-12-3-5-13(6-4-12)22-15(16)17/h3-6,10-11,15H,7-9H2,1-2H3,(H,18,20)/p+1/t10-,11-/m0/s1. The number of carbonyl (C=O) groups is 1. The van der Waals surface area contributed by atoms with Gasteiger partial charge >= 0.3 is 6.61 Å². The molecular weight excluding hydrogens is 294 g/mol. The number of alkyl halides is 2. The Labute approximate surface area is 128 Å². The second kappa shape index (κ2) is 7.51. The Hall–Kier alpha value is -1.73. The molecular formula is C15H21F2N2O3+. The van der Waals surface area contributed by atoms with Crippen LogP contribution in [0.1, 0.15) is 13.8 Å². The van der Waals surface area contributed by atoms with E-state index in [4.69, 9.17) is 4.74 Å². The minimum absolute atomic E-state index is 0.0643. The van der Waals surface area contributed by atoms with Crippen molar-refractivity contribution in [3.05, 3.63) is 24.3 Å². The van der Waals surface area contributed by atoms with Crippen molar-refractivity contribution in [1.29, 1.82) is 0 Å². The Bertz CT molecular complexity index is 486. The highest BCUT2D eigenvalue weighted by Crippen LogP contribution is 2.17. The van der Waals surface area contributed by atoms with Gasteiger partial charge in [0.15, 0.2) is 6.54 Å². The van der Waals surface area contributed by atoms with Gasteiger partial charge in [-0.15, -0.1) is 0 Å². The van der Waals surface area contributed by atoms with Gasteiger partial charge in [0.05, 0.1) is 0 Å². The third kappa shape index (κ3) is 5.23. The molecule has 7 heteroatoms. The lowest BCUT2D eigenvalue weighted by atomic mass is 10.2. The monoisotopic (exact) mass is 315 g/mol. The summed E-state index contributed by atoms with van der Waals surface area (Å²) in [5.74, 6) is -0.0479. The summed E-state index contributed by atoms with van der Waals surface area (Å²) in [5, 5.41) is 2.76. The molecule has 1 amide bonds. The van der Waals surface area contributed by atoms with Crippen molar-refractivity contribution in [2.45, 2.75) is 32.7 Å². The second-order valence-electron chi connectivity index (χ2n) is 5.54. The van der Waals surface area contributed by atoms with Crippen LogP contribution in [0.4, 0.5) is 14.5 Å². The topological polar surface area (TPSA) is 52.0 Å². The molecule has 1 saturated heterocycles. The molecule has 0 aromatic heterocycles. The first kappa shape index (κ1) is 16.6. The molecule has 0 bridgehead atoms. The van der Waals surface area contributed by atoms with Gasteiger partial charge in [-0.25, -0.2) is 0 Å². The van der Waals surface area contributed by atoms with Crippen molar-refractivity contribution in [2.75, 3.05) is 25.0 Å². The van der Waals surface area contributed by atoms with Gasteiger partial charge in [-0.2, -0.15) is 8.78 Å². The quantitative estimate of drug-likeness (QED) is 0.849. The molecule has 1 heterocycles. The predicted octanol–water partition coefficient (Wildman–Crippen LogP) is 0.919. The molecule has 1 aromatic rings. The van der Waals surface area contributed by atoms with E-state index in [-0.39, 0.29) is 23.9 Å². The van der Waals surface area contributed by atoms with Crippen LogP contribution in [-0.2, 0) is 9.53 Å². The van der Waals surface area contributed by atoms with Crippen LogP contribution in [0.25, 0.3) is 0 Å². The van der Waals surface area contributed by atoms with Crippen molar-refractivity contribution in [2.24, 2.45) is 0 Å². The van der Waals surface area contributed by atoms with Gasteiger partial charge in [0.1, 0.15) is 31.0 Å². The molecule has 122 valence electrons. The minimum atomic E-state index is -2.85. The normalized spacial score (nSPS) is 25.0. The molecule has 1 aromatic carbocycles. The van der Waals surface area contributed by atoms with E-state index in [9.17, 15) is 13.6 Å². The van der Waals surface area contributed by atoms with Crippen LogP contribution in [0.2, 0.25) is 0 Å². The molecule has 0 saturated carbocycles. The third-order valence-corrected chi connectivity index (χ3v) is 3.39. The zero-order valence-electron chi connectivity index (χ0n) is 12.6. The fourth-order valence-electron chi connectivity index (χ4n) is 2.69. The maximum atomic E-state index is 12.0. The average Bonchev–Trinajstić information content (AvgIpc) is 2.39. The Morgan fingerprint density at radius 1 is 1.32 bits per heavy atom. The van der Waals surface area contributed by atoms with E-state index in [1.165, 1.54) is 29.2 Å². The summed E-state index contributed by atoms with van der Waals surface area (Å²) in [6.45, 7) is 3.07. The lowest BCUT2D eigenvalue weighted by Crippen LogP contribution is -3.16. The Morgan fingerprint density at radius 2 is 1.91 bits per heavy atom. The summed E-state index contributed by atoms with van der Waals surface area (Å²) in [4.78, 5) is 13.2. The first-order valence-electron chi connectivity index (χ1n) is 7.26.